The smallest absolute Gasteiger partial charge is 0.449 e. The van der Waals surface area contributed by atoms with Crippen molar-refractivity contribution in [3.63, 3.8) is 0 Å². The molecular formula is C29H40N2O8. The van der Waals surface area contributed by atoms with E-state index in [1.165, 1.54) is 12.1 Å². The molecule has 0 saturated heterocycles. The monoisotopic (exact) mass is 544 g/mol. The molecule has 0 bridgehead atoms. The highest BCUT2D eigenvalue weighted by Crippen LogP contribution is 2.53. The Morgan fingerprint density at radius 3 is 1.46 bits per heavy atom. The third kappa shape index (κ3) is 6.85. The second kappa shape index (κ2) is 10.1. The Kier molecular flexibility index (Phi) is 8.19. The van der Waals surface area contributed by atoms with Crippen molar-refractivity contribution < 1.29 is 29.2 Å². The van der Waals surface area contributed by atoms with Crippen molar-refractivity contribution in [2.24, 2.45) is 0 Å². The Morgan fingerprint density at radius 2 is 1.10 bits per heavy atom. The summed E-state index contributed by atoms with van der Waals surface area (Å²) in [7, 11) is 0. The summed E-state index contributed by atoms with van der Waals surface area (Å²) in [5.41, 5.74) is -1.93. The molecule has 0 unspecified atom stereocenters. The molecule has 1 N–H and O–H groups in total. The molecule has 0 heterocycles. The number of nitro groups is 2. The van der Waals surface area contributed by atoms with Crippen molar-refractivity contribution in [2.75, 3.05) is 0 Å². The van der Waals surface area contributed by atoms with Gasteiger partial charge in [0.25, 0.3) is 0 Å². The van der Waals surface area contributed by atoms with E-state index in [4.69, 9.17) is 9.47 Å². The quantitative estimate of drug-likeness (QED) is 0.171. The molecule has 0 fully saturated rings. The number of hydrogen-bond donors (Lipinski definition) is 1. The molecule has 2 aromatic carbocycles. The summed E-state index contributed by atoms with van der Waals surface area (Å²) >= 11 is 0. The molecule has 2 rings (SSSR count). The van der Waals surface area contributed by atoms with E-state index < -0.39 is 43.3 Å². The Labute approximate surface area is 229 Å². The molecule has 10 heteroatoms. The van der Waals surface area contributed by atoms with Crippen LogP contribution >= 0.6 is 0 Å². The van der Waals surface area contributed by atoms with Crippen molar-refractivity contribution in [3.8, 4) is 17.2 Å². The largest absolute Gasteiger partial charge is 0.511 e. The van der Waals surface area contributed by atoms with Gasteiger partial charge < -0.3 is 14.6 Å². The van der Waals surface area contributed by atoms with Crippen LogP contribution in [0, 0.1) is 20.2 Å². The van der Waals surface area contributed by atoms with Gasteiger partial charge >= 0.3 is 17.5 Å². The number of benzene rings is 2. The molecule has 0 aliphatic carbocycles. The van der Waals surface area contributed by atoms with E-state index in [1.807, 2.05) is 47.6 Å². The maximum atomic E-state index is 12.4. The van der Waals surface area contributed by atoms with Gasteiger partial charge in [-0.25, -0.2) is 4.79 Å². The zero-order valence-electron chi connectivity index (χ0n) is 24.9. The Morgan fingerprint density at radius 1 is 0.667 bits per heavy atom. The van der Waals surface area contributed by atoms with Crippen LogP contribution in [0.4, 0.5) is 16.2 Å². The van der Waals surface area contributed by atoms with Gasteiger partial charge in [0.2, 0.25) is 11.5 Å². The fourth-order valence-corrected chi connectivity index (χ4v) is 4.25. The molecule has 2 aromatic rings. The van der Waals surface area contributed by atoms with Crippen LogP contribution in [0.5, 0.6) is 17.2 Å². The summed E-state index contributed by atoms with van der Waals surface area (Å²) in [6, 6.07) is 4.48. The van der Waals surface area contributed by atoms with Gasteiger partial charge in [-0.05, 0) is 27.2 Å². The minimum atomic E-state index is -1.60. The summed E-state index contributed by atoms with van der Waals surface area (Å²) in [5, 5.41) is 34.4. The average molecular weight is 545 g/mol. The lowest BCUT2D eigenvalue weighted by Crippen LogP contribution is -2.23. The van der Waals surface area contributed by atoms with Crippen LogP contribution in [-0.4, -0.2) is 21.1 Å². The maximum Gasteiger partial charge on any atom is 0.511 e. The average Bonchev–Trinajstić information content (AvgIpc) is 2.69. The van der Waals surface area contributed by atoms with E-state index in [0.717, 1.165) is 0 Å². The van der Waals surface area contributed by atoms with Gasteiger partial charge in [-0.1, -0.05) is 89.2 Å². The van der Waals surface area contributed by atoms with Crippen LogP contribution in [0.2, 0.25) is 0 Å². The van der Waals surface area contributed by atoms with E-state index in [0.29, 0.717) is 16.7 Å². The molecule has 10 nitrogen and oxygen atoms in total. The lowest BCUT2D eigenvalue weighted by molar-refractivity contribution is -0.387. The van der Waals surface area contributed by atoms with Crippen LogP contribution in [0.15, 0.2) is 18.2 Å². The summed E-state index contributed by atoms with van der Waals surface area (Å²) < 4.78 is 11.5. The Balaban J connectivity index is 3.20. The molecule has 0 spiro atoms. The molecule has 0 aromatic heterocycles. The van der Waals surface area contributed by atoms with Crippen LogP contribution in [0.25, 0.3) is 0 Å². The molecule has 0 radical (unpaired) electrons. The lowest BCUT2D eigenvalue weighted by atomic mass is 9.78. The first kappa shape index (κ1) is 31.5. The molecule has 0 atom stereocenters. The SMILES string of the molecule is CC(C)(C)c1cc([N+](=O)[O-])c(Oc2c([N+](=O)[O-])cc(C(C)(C)C)c(OC(=O)O)c2C(C)(C)C)c(C(C)(C)C)c1. The fraction of sp³-hybridized carbons (Fsp3) is 0.552. The highest BCUT2D eigenvalue weighted by molar-refractivity contribution is 5.72. The number of rotatable bonds is 5. The second-order valence-electron chi connectivity index (χ2n) is 13.8. The van der Waals surface area contributed by atoms with Gasteiger partial charge in [-0.3, -0.25) is 20.2 Å². The number of nitrogens with zero attached hydrogens (tertiary/aromatic N) is 2. The first-order valence-corrected chi connectivity index (χ1v) is 12.7. The van der Waals surface area contributed by atoms with E-state index in [9.17, 15) is 30.1 Å². The zero-order valence-corrected chi connectivity index (χ0v) is 24.9. The number of carboxylic acid groups (broad SMARTS) is 1. The van der Waals surface area contributed by atoms with Crippen molar-refractivity contribution in [2.45, 2.75) is 105 Å². The molecule has 0 amide bonds. The second-order valence-corrected chi connectivity index (χ2v) is 13.8. The third-order valence-electron chi connectivity index (χ3n) is 6.30. The van der Waals surface area contributed by atoms with Crippen LogP contribution < -0.4 is 9.47 Å². The number of nitro benzene ring substituents is 2. The van der Waals surface area contributed by atoms with Gasteiger partial charge in [0, 0.05) is 23.3 Å². The first-order chi connectivity index (χ1) is 17.4. The third-order valence-corrected chi connectivity index (χ3v) is 6.30. The zero-order chi connectivity index (χ0) is 30.5. The first-order valence-electron chi connectivity index (χ1n) is 12.7. The molecule has 0 aliphatic rings. The summed E-state index contributed by atoms with van der Waals surface area (Å²) in [4.78, 5) is 35.4. The summed E-state index contributed by atoms with van der Waals surface area (Å²) in [6.45, 7) is 22.0. The van der Waals surface area contributed by atoms with E-state index in [-0.39, 0.29) is 28.5 Å². The number of hydrogen-bond acceptors (Lipinski definition) is 7. The van der Waals surface area contributed by atoms with Gasteiger partial charge in [-0.15, -0.1) is 0 Å². The molecular weight excluding hydrogens is 504 g/mol. The van der Waals surface area contributed by atoms with Crippen LogP contribution in [0.3, 0.4) is 0 Å². The van der Waals surface area contributed by atoms with Gasteiger partial charge in [0.05, 0.1) is 15.4 Å². The number of carbonyl (C=O) groups is 1. The highest BCUT2D eigenvalue weighted by Gasteiger charge is 2.40. The topological polar surface area (TPSA) is 142 Å². The highest BCUT2D eigenvalue weighted by atomic mass is 16.7. The normalized spacial score (nSPS) is 12.7. The summed E-state index contributed by atoms with van der Waals surface area (Å²) in [5.74, 6) is -0.526. The Hall–Kier alpha value is -3.69. The van der Waals surface area contributed by atoms with Gasteiger partial charge in [0.1, 0.15) is 5.75 Å². The van der Waals surface area contributed by atoms with E-state index in [2.05, 4.69) is 0 Å². The van der Waals surface area contributed by atoms with Crippen molar-refractivity contribution >= 4 is 17.5 Å². The molecule has 214 valence electrons. The maximum absolute atomic E-state index is 12.4. The standard InChI is InChI=1S/C29H40N2O8/c1-26(2,3)16-13-17(27(4,5)6)22(19(14-16)30(34)35)38-24-20(31(36)37)15-18(28(7,8)9)23(39-25(32)33)21(24)29(10,11)12/h13-15H,1-12H3,(H,32,33). The number of ether oxygens (including phenoxy) is 2. The predicted molar refractivity (Wildman–Crippen MR) is 150 cm³/mol. The van der Waals surface area contributed by atoms with E-state index in [1.54, 1.807) is 41.5 Å². The molecule has 0 aliphatic heterocycles. The fourth-order valence-electron chi connectivity index (χ4n) is 4.25. The minimum Gasteiger partial charge on any atom is -0.449 e. The minimum absolute atomic E-state index is 0.0885. The Bertz CT molecular complexity index is 1320. The predicted octanol–water partition coefficient (Wildman–Crippen LogP) is 8.54. The lowest BCUT2D eigenvalue weighted by Gasteiger charge is -2.31. The molecule has 0 saturated carbocycles. The van der Waals surface area contributed by atoms with Crippen LogP contribution in [0.1, 0.15) is 105 Å². The summed E-state index contributed by atoms with van der Waals surface area (Å²) in [6.07, 6.45) is -1.60. The van der Waals surface area contributed by atoms with E-state index >= 15 is 0 Å². The van der Waals surface area contributed by atoms with Crippen LogP contribution in [-0.2, 0) is 21.7 Å². The van der Waals surface area contributed by atoms with Gasteiger partial charge in [0.15, 0.2) is 0 Å². The van der Waals surface area contributed by atoms with Gasteiger partial charge in [-0.2, -0.15) is 0 Å². The van der Waals surface area contributed by atoms with Crippen molar-refractivity contribution in [3.05, 3.63) is 60.7 Å². The van der Waals surface area contributed by atoms with Crippen molar-refractivity contribution in [1.82, 2.24) is 0 Å². The van der Waals surface area contributed by atoms with Crippen molar-refractivity contribution in [1.29, 1.82) is 0 Å². The molecule has 39 heavy (non-hydrogen) atoms.